The normalized spacial score (nSPS) is 16.3. The minimum Gasteiger partial charge on any atom is -0.392 e. The van der Waals surface area contributed by atoms with Gasteiger partial charge in [0.1, 0.15) is 0 Å². The van der Waals surface area contributed by atoms with Crippen LogP contribution in [0.4, 0.5) is 13.2 Å². The van der Waals surface area contributed by atoms with Crippen molar-refractivity contribution in [1.82, 2.24) is 4.90 Å². The van der Waals surface area contributed by atoms with Crippen LogP contribution < -0.4 is 0 Å². The molecule has 100 valence electrons. The maximum absolute atomic E-state index is 12.4. The number of benzene rings is 1. The molecule has 1 saturated carbocycles. The van der Waals surface area contributed by atoms with Gasteiger partial charge in [-0.15, -0.1) is 0 Å². The fraction of sp³-hybridized carbons (Fsp3) is 0.538. The highest BCUT2D eigenvalue weighted by Gasteiger charge is 2.37. The second-order valence-electron chi connectivity index (χ2n) is 4.73. The van der Waals surface area contributed by atoms with E-state index in [-0.39, 0.29) is 12.6 Å². The Morgan fingerprint density at radius 1 is 1.11 bits per heavy atom. The summed E-state index contributed by atoms with van der Waals surface area (Å²) in [4.78, 5) is 1.48. The van der Waals surface area contributed by atoms with E-state index in [9.17, 15) is 13.2 Å². The van der Waals surface area contributed by atoms with Crippen molar-refractivity contribution < 1.29 is 18.3 Å². The Labute approximate surface area is 104 Å². The van der Waals surface area contributed by atoms with Crippen LogP contribution in [0, 0.1) is 0 Å². The molecule has 5 heteroatoms. The van der Waals surface area contributed by atoms with Crippen molar-refractivity contribution in [1.29, 1.82) is 0 Å². The lowest BCUT2D eigenvalue weighted by molar-refractivity contribution is -0.148. The van der Waals surface area contributed by atoms with Gasteiger partial charge in [0.05, 0.1) is 13.2 Å². The Kier molecular flexibility index (Phi) is 3.92. The first-order valence-electron chi connectivity index (χ1n) is 5.97. The molecule has 0 radical (unpaired) electrons. The molecule has 0 saturated heterocycles. The smallest absolute Gasteiger partial charge is 0.392 e. The van der Waals surface area contributed by atoms with Gasteiger partial charge < -0.3 is 5.11 Å². The van der Waals surface area contributed by atoms with Crippen LogP contribution in [-0.2, 0) is 13.2 Å². The first-order chi connectivity index (χ1) is 8.48. The lowest BCUT2D eigenvalue weighted by atomic mass is 10.1. The van der Waals surface area contributed by atoms with Gasteiger partial charge in [0.25, 0.3) is 0 Å². The summed E-state index contributed by atoms with van der Waals surface area (Å²) in [6, 6.07) is 7.11. The van der Waals surface area contributed by atoms with E-state index in [2.05, 4.69) is 0 Å². The summed E-state index contributed by atoms with van der Waals surface area (Å²) in [5.74, 6) is 0. The average molecular weight is 259 g/mol. The maximum atomic E-state index is 12.4. The second kappa shape index (κ2) is 5.28. The van der Waals surface area contributed by atoms with E-state index in [1.54, 1.807) is 24.3 Å². The fourth-order valence-electron chi connectivity index (χ4n) is 1.97. The molecule has 0 spiro atoms. The molecular weight excluding hydrogens is 243 g/mol. The van der Waals surface area contributed by atoms with Gasteiger partial charge in [-0.3, -0.25) is 4.90 Å². The van der Waals surface area contributed by atoms with E-state index in [4.69, 9.17) is 5.11 Å². The van der Waals surface area contributed by atoms with E-state index >= 15 is 0 Å². The van der Waals surface area contributed by atoms with Crippen molar-refractivity contribution in [2.45, 2.75) is 38.2 Å². The molecule has 1 aliphatic carbocycles. The van der Waals surface area contributed by atoms with Crippen molar-refractivity contribution in [3.05, 3.63) is 35.4 Å². The van der Waals surface area contributed by atoms with Crippen molar-refractivity contribution >= 4 is 0 Å². The van der Waals surface area contributed by atoms with E-state index in [1.807, 2.05) is 0 Å². The zero-order valence-electron chi connectivity index (χ0n) is 9.95. The summed E-state index contributed by atoms with van der Waals surface area (Å²) in [7, 11) is 0. The zero-order valence-corrected chi connectivity index (χ0v) is 9.95. The third kappa shape index (κ3) is 3.99. The van der Waals surface area contributed by atoms with Crippen LogP contribution in [0.1, 0.15) is 24.0 Å². The predicted molar refractivity (Wildman–Crippen MR) is 61.9 cm³/mol. The highest BCUT2D eigenvalue weighted by Crippen LogP contribution is 2.31. The van der Waals surface area contributed by atoms with Gasteiger partial charge in [0.2, 0.25) is 0 Å². The largest absolute Gasteiger partial charge is 0.401 e. The molecule has 0 atom stereocenters. The third-order valence-corrected chi connectivity index (χ3v) is 3.04. The molecule has 18 heavy (non-hydrogen) atoms. The minimum absolute atomic E-state index is 0.0465. The summed E-state index contributed by atoms with van der Waals surface area (Å²) in [5, 5.41) is 8.90. The molecule has 0 bridgehead atoms. The van der Waals surface area contributed by atoms with E-state index in [0.717, 1.165) is 24.0 Å². The highest BCUT2D eigenvalue weighted by atomic mass is 19.4. The lowest BCUT2D eigenvalue weighted by Crippen LogP contribution is -2.35. The van der Waals surface area contributed by atoms with E-state index < -0.39 is 12.7 Å². The Morgan fingerprint density at radius 2 is 1.67 bits per heavy atom. The maximum Gasteiger partial charge on any atom is 0.401 e. The average Bonchev–Trinajstić information content (AvgIpc) is 3.11. The standard InChI is InChI=1S/C13H16F3NO/c14-13(15,16)9-17(12-5-6-12)7-10-1-3-11(8-18)4-2-10/h1-4,12,18H,5-9H2. The number of halogens is 3. The number of aliphatic hydroxyl groups is 1. The Bertz CT molecular complexity index is 384. The lowest BCUT2D eigenvalue weighted by Gasteiger charge is -2.23. The van der Waals surface area contributed by atoms with Crippen molar-refractivity contribution in [3.63, 3.8) is 0 Å². The summed E-state index contributed by atoms with van der Waals surface area (Å²) in [6.07, 6.45) is -2.44. The number of alkyl halides is 3. The van der Waals surface area contributed by atoms with Crippen LogP contribution in [0.3, 0.4) is 0 Å². The van der Waals surface area contributed by atoms with Crippen molar-refractivity contribution in [2.75, 3.05) is 6.54 Å². The Hall–Kier alpha value is -1.07. The Morgan fingerprint density at radius 3 is 2.11 bits per heavy atom. The van der Waals surface area contributed by atoms with Gasteiger partial charge in [-0.05, 0) is 24.0 Å². The van der Waals surface area contributed by atoms with E-state index in [0.29, 0.717) is 6.54 Å². The summed E-state index contributed by atoms with van der Waals surface area (Å²) >= 11 is 0. The molecular formula is C13H16F3NO. The summed E-state index contributed by atoms with van der Waals surface area (Å²) in [6.45, 7) is -0.579. The number of aliphatic hydroxyl groups excluding tert-OH is 1. The van der Waals surface area contributed by atoms with Gasteiger partial charge in [0, 0.05) is 12.6 Å². The third-order valence-electron chi connectivity index (χ3n) is 3.04. The predicted octanol–water partition coefficient (Wildman–Crippen LogP) is 2.71. The quantitative estimate of drug-likeness (QED) is 0.878. The number of nitrogens with zero attached hydrogens (tertiary/aromatic N) is 1. The Balaban J connectivity index is 1.99. The molecule has 0 heterocycles. The first kappa shape index (κ1) is 13.4. The summed E-state index contributed by atoms with van der Waals surface area (Å²) < 4.78 is 37.3. The number of rotatable bonds is 5. The molecule has 2 rings (SSSR count). The molecule has 2 nitrogen and oxygen atoms in total. The van der Waals surface area contributed by atoms with Gasteiger partial charge >= 0.3 is 6.18 Å². The topological polar surface area (TPSA) is 23.5 Å². The molecule has 0 unspecified atom stereocenters. The number of hydrogen-bond acceptors (Lipinski definition) is 2. The van der Waals surface area contributed by atoms with Gasteiger partial charge in [-0.2, -0.15) is 13.2 Å². The zero-order chi connectivity index (χ0) is 13.2. The molecule has 1 aromatic carbocycles. The summed E-state index contributed by atoms with van der Waals surface area (Å²) in [5.41, 5.74) is 1.62. The van der Waals surface area contributed by atoms with E-state index in [1.165, 1.54) is 4.90 Å². The minimum atomic E-state index is -4.15. The van der Waals surface area contributed by atoms with Crippen LogP contribution in [-0.4, -0.2) is 28.8 Å². The molecule has 1 N–H and O–H groups in total. The van der Waals surface area contributed by atoms with Crippen LogP contribution in [0.5, 0.6) is 0 Å². The van der Waals surface area contributed by atoms with Crippen LogP contribution in [0.15, 0.2) is 24.3 Å². The molecule has 1 aromatic rings. The van der Waals surface area contributed by atoms with Crippen molar-refractivity contribution in [2.24, 2.45) is 0 Å². The molecule has 0 aliphatic heterocycles. The first-order valence-corrected chi connectivity index (χ1v) is 5.97. The number of hydrogen-bond donors (Lipinski definition) is 1. The highest BCUT2D eigenvalue weighted by molar-refractivity contribution is 5.22. The monoisotopic (exact) mass is 259 g/mol. The van der Waals surface area contributed by atoms with Crippen LogP contribution >= 0.6 is 0 Å². The van der Waals surface area contributed by atoms with Gasteiger partial charge in [-0.25, -0.2) is 0 Å². The molecule has 1 fully saturated rings. The van der Waals surface area contributed by atoms with Crippen molar-refractivity contribution in [3.8, 4) is 0 Å². The molecule has 1 aliphatic rings. The van der Waals surface area contributed by atoms with Crippen LogP contribution in [0.2, 0.25) is 0 Å². The van der Waals surface area contributed by atoms with Gasteiger partial charge in [-0.1, -0.05) is 24.3 Å². The van der Waals surface area contributed by atoms with Gasteiger partial charge in [0.15, 0.2) is 0 Å². The van der Waals surface area contributed by atoms with Crippen LogP contribution in [0.25, 0.3) is 0 Å². The molecule has 0 aromatic heterocycles. The SMILES string of the molecule is OCc1ccc(CN(CC(F)(F)F)C2CC2)cc1. The second-order valence-corrected chi connectivity index (χ2v) is 4.73. The fourth-order valence-corrected chi connectivity index (χ4v) is 1.97. The molecule has 0 amide bonds.